The molecule has 0 atom stereocenters. The smallest absolute Gasteiger partial charge is 0.338 e. The van der Waals surface area contributed by atoms with Crippen LogP contribution in [0.2, 0.25) is 0 Å². The maximum Gasteiger partial charge on any atom is 0.338 e. The van der Waals surface area contributed by atoms with E-state index in [4.69, 9.17) is 9.47 Å². The monoisotopic (exact) mass is 400 g/mol. The number of carbonyl (C=O) groups excluding carboxylic acids is 4. The molecule has 8 heteroatoms. The molecule has 0 aliphatic rings. The number of aldehydes is 2. The van der Waals surface area contributed by atoms with Crippen LogP contribution in [0.25, 0.3) is 0 Å². The maximum absolute atomic E-state index is 11.9. The van der Waals surface area contributed by atoms with Crippen molar-refractivity contribution in [1.82, 2.24) is 0 Å². The van der Waals surface area contributed by atoms with Crippen LogP contribution in [0.15, 0.2) is 36.4 Å². The third-order valence-corrected chi connectivity index (χ3v) is 4.01. The fraction of sp³-hybridized carbons (Fsp3) is 0.238. The van der Waals surface area contributed by atoms with E-state index < -0.39 is 11.9 Å². The van der Waals surface area contributed by atoms with Crippen molar-refractivity contribution in [1.29, 1.82) is 0 Å². The molecule has 0 fully saturated rings. The van der Waals surface area contributed by atoms with Crippen molar-refractivity contribution in [3.8, 4) is 17.2 Å². The molecule has 0 aliphatic carbocycles. The lowest BCUT2D eigenvalue weighted by molar-refractivity contribution is -0.134. The predicted octanol–water partition coefficient (Wildman–Crippen LogP) is 3.05. The third kappa shape index (κ3) is 6.46. The Balaban J connectivity index is 1.66. The lowest BCUT2D eigenvalue weighted by Crippen LogP contribution is -2.09. The highest BCUT2D eigenvalue weighted by atomic mass is 16.5. The summed E-state index contributed by atoms with van der Waals surface area (Å²) in [6.07, 6.45) is 2.73. The zero-order valence-electron chi connectivity index (χ0n) is 15.5. The molecule has 152 valence electrons. The number of benzene rings is 2. The van der Waals surface area contributed by atoms with Crippen molar-refractivity contribution in [3.63, 3.8) is 0 Å². The largest absolute Gasteiger partial charge is 0.507 e. The van der Waals surface area contributed by atoms with Gasteiger partial charge in [0.05, 0.1) is 23.3 Å². The van der Waals surface area contributed by atoms with E-state index in [9.17, 15) is 29.4 Å². The van der Waals surface area contributed by atoms with Gasteiger partial charge in [-0.1, -0.05) is 0 Å². The first kappa shape index (κ1) is 21.6. The van der Waals surface area contributed by atoms with Crippen molar-refractivity contribution in [2.75, 3.05) is 6.61 Å². The lowest BCUT2D eigenvalue weighted by Gasteiger charge is -2.07. The molecule has 0 saturated carbocycles. The molecule has 0 radical (unpaired) electrons. The SMILES string of the molecule is O=Cc1cc(OC(=O)CCCCCOC(=O)c2ccc(O)c(C=O)c2)ccc1O. The van der Waals surface area contributed by atoms with Gasteiger partial charge in [-0.2, -0.15) is 0 Å². The van der Waals surface area contributed by atoms with Gasteiger partial charge in [-0.3, -0.25) is 14.4 Å². The number of unbranched alkanes of at least 4 members (excludes halogenated alkanes) is 2. The van der Waals surface area contributed by atoms with Crippen molar-refractivity contribution in [2.45, 2.75) is 25.7 Å². The number of phenolic OH excluding ortho intramolecular Hbond substituents is 2. The van der Waals surface area contributed by atoms with Crippen LogP contribution in [0.4, 0.5) is 0 Å². The van der Waals surface area contributed by atoms with Gasteiger partial charge in [0, 0.05) is 6.42 Å². The molecule has 2 aromatic rings. The Morgan fingerprint density at radius 1 is 0.862 bits per heavy atom. The average molecular weight is 400 g/mol. The molecule has 0 amide bonds. The Kier molecular flexibility index (Phi) is 7.90. The van der Waals surface area contributed by atoms with E-state index >= 15 is 0 Å². The minimum absolute atomic E-state index is 0.00635. The van der Waals surface area contributed by atoms with E-state index in [0.29, 0.717) is 31.8 Å². The second-order valence-corrected chi connectivity index (χ2v) is 6.15. The van der Waals surface area contributed by atoms with E-state index in [0.717, 1.165) is 0 Å². The maximum atomic E-state index is 11.9. The van der Waals surface area contributed by atoms with Crippen LogP contribution in [0.3, 0.4) is 0 Å². The molecule has 2 aromatic carbocycles. The number of carbonyl (C=O) groups is 4. The Hall–Kier alpha value is -3.68. The number of rotatable bonds is 10. The summed E-state index contributed by atoms with van der Waals surface area (Å²) in [6, 6.07) is 7.79. The van der Waals surface area contributed by atoms with Crippen LogP contribution < -0.4 is 4.74 Å². The molecule has 0 spiro atoms. The number of phenols is 2. The number of ether oxygens (including phenoxy) is 2. The van der Waals surface area contributed by atoms with Gasteiger partial charge in [-0.25, -0.2) is 4.79 Å². The summed E-state index contributed by atoms with van der Waals surface area (Å²) in [5.41, 5.74) is 0.204. The lowest BCUT2D eigenvalue weighted by atomic mass is 10.1. The molecule has 0 aromatic heterocycles. The van der Waals surface area contributed by atoms with Crippen molar-refractivity contribution in [2.24, 2.45) is 0 Å². The van der Waals surface area contributed by atoms with Crippen molar-refractivity contribution < 1.29 is 38.9 Å². The van der Waals surface area contributed by atoms with E-state index in [1.807, 2.05) is 0 Å². The first-order valence-corrected chi connectivity index (χ1v) is 8.88. The van der Waals surface area contributed by atoms with Crippen LogP contribution in [-0.4, -0.2) is 41.3 Å². The molecule has 0 saturated heterocycles. The van der Waals surface area contributed by atoms with Crippen LogP contribution in [-0.2, 0) is 9.53 Å². The van der Waals surface area contributed by atoms with Gasteiger partial charge in [0.15, 0.2) is 12.6 Å². The quantitative estimate of drug-likeness (QED) is 0.270. The molecule has 0 unspecified atom stereocenters. The van der Waals surface area contributed by atoms with E-state index in [1.165, 1.54) is 36.4 Å². The van der Waals surface area contributed by atoms with Gasteiger partial charge in [0.1, 0.15) is 17.2 Å². The zero-order valence-corrected chi connectivity index (χ0v) is 15.5. The molecule has 8 nitrogen and oxygen atoms in total. The van der Waals surface area contributed by atoms with Gasteiger partial charge in [0.2, 0.25) is 0 Å². The van der Waals surface area contributed by atoms with E-state index in [2.05, 4.69) is 0 Å². The average Bonchev–Trinajstić information content (AvgIpc) is 2.72. The normalized spacial score (nSPS) is 10.2. The predicted molar refractivity (Wildman–Crippen MR) is 101 cm³/mol. The molecule has 0 heterocycles. The molecular weight excluding hydrogens is 380 g/mol. The minimum Gasteiger partial charge on any atom is -0.507 e. The van der Waals surface area contributed by atoms with E-state index in [-0.39, 0.29) is 47.0 Å². The molecule has 0 aliphatic heterocycles. The number of hydrogen-bond donors (Lipinski definition) is 2. The Labute approximate surface area is 166 Å². The summed E-state index contributed by atoms with van der Waals surface area (Å²) >= 11 is 0. The summed E-state index contributed by atoms with van der Waals surface area (Å²) in [6.45, 7) is 0.145. The van der Waals surface area contributed by atoms with Gasteiger partial charge in [-0.05, 0) is 55.7 Å². The highest BCUT2D eigenvalue weighted by Gasteiger charge is 2.11. The van der Waals surface area contributed by atoms with Crippen LogP contribution in [0.1, 0.15) is 56.8 Å². The molecular formula is C21H20O8. The molecule has 29 heavy (non-hydrogen) atoms. The first-order valence-electron chi connectivity index (χ1n) is 8.88. The number of hydrogen-bond acceptors (Lipinski definition) is 8. The van der Waals surface area contributed by atoms with Crippen LogP contribution >= 0.6 is 0 Å². The topological polar surface area (TPSA) is 127 Å². The van der Waals surface area contributed by atoms with Gasteiger partial charge in [-0.15, -0.1) is 0 Å². The number of aromatic hydroxyl groups is 2. The highest BCUT2D eigenvalue weighted by Crippen LogP contribution is 2.22. The fourth-order valence-electron chi connectivity index (χ4n) is 2.45. The van der Waals surface area contributed by atoms with Gasteiger partial charge in [0.25, 0.3) is 0 Å². The Bertz CT molecular complexity index is 904. The van der Waals surface area contributed by atoms with Gasteiger partial charge < -0.3 is 19.7 Å². The zero-order chi connectivity index (χ0) is 21.2. The first-order chi connectivity index (χ1) is 13.9. The summed E-state index contributed by atoms with van der Waals surface area (Å²) in [7, 11) is 0. The Morgan fingerprint density at radius 3 is 2.21 bits per heavy atom. The summed E-state index contributed by atoms with van der Waals surface area (Å²) < 4.78 is 10.2. The second-order valence-electron chi connectivity index (χ2n) is 6.15. The summed E-state index contributed by atoms with van der Waals surface area (Å²) in [4.78, 5) is 45.2. The van der Waals surface area contributed by atoms with E-state index in [1.54, 1.807) is 0 Å². The van der Waals surface area contributed by atoms with Crippen molar-refractivity contribution in [3.05, 3.63) is 53.1 Å². The van der Waals surface area contributed by atoms with Crippen molar-refractivity contribution >= 4 is 24.5 Å². The molecule has 2 N–H and O–H groups in total. The number of esters is 2. The molecule has 0 bridgehead atoms. The Morgan fingerprint density at radius 2 is 1.52 bits per heavy atom. The standard InChI is InChI=1S/C21H20O8/c22-12-15-10-14(5-7-18(15)24)21(27)28-9-3-1-2-4-20(26)29-17-6-8-19(25)16(11-17)13-23/h5-8,10-13,24-25H,1-4,9H2. The minimum atomic E-state index is -0.606. The van der Waals surface area contributed by atoms with Crippen LogP contribution in [0.5, 0.6) is 17.2 Å². The van der Waals surface area contributed by atoms with Gasteiger partial charge >= 0.3 is 11.9 Å². The summed E-state index contributed by atoms with van der Waals surface area (Å²) in [5, 5.41) is 18.8. The van der Waals surface area contributed by atoms with Crippen LogP contribution in [0, 0.1) is 0 Å². The second kappa shape index (κ2) is 10.6. The third-order valence-electron chi connectivity index (χ3n) is 4.01. The summed E-state index contributed by atoms with van der Waals surface area (Å²) in [5.74, 6) is -1.31. The molecule has 2 rings (SSSR count). The fourth-order valence-corrected chi connectivity index (χ4v) is 2.45. The highest BCUT2D eigenvalue weighted by molar-refractivity contribution is 5.92.